The van der Waals surface area contributed by atoms with Gasteiger partial charge in [-0.1, -0.05) is 26.0 Å². The molecule has 1 saturated carbocycles. The Balaban J connectivity index is 2.20. The monoisotopic (exact) mass is 248 g/mol. The van der Waals surface area contributed by atoms with Crippen LogP contribution in [0.3, 0.4) is 0 Å². The van der Waals surface area contributed by atoms with Crippen LogP contribution in [-0.2, 0) is 0 Å². The third-order valence-corrected chi connectivity index (χ3v) is 4.73. The van der Waals surface area contributed by atoms with Crippen molar-refractivity contribution >= 4 is 5.69 Å². The number of ether oxygens (including phenoxy) is 1. The van der Waals surface area contributed by atoms with E-state index >= 15 is 0 Å². The van der Waals surface area contributed by atoms with E-state index in [4.69, 9.17) is 10.5 Å². The minimum atomic E-state index is -0.118. The molecule has 1 aromatic rings. The average molecular weight is 248 g/mol. The number of hydrogen-bond acceptors (Lipinski definition) is 3. The Kier molecular flexibility index (Phi) is 3.28. The Morgan fingerprint density at radius 1 is 1.28 bits per heavy atom. The van der Waals surface area contributed by atoms with Crippen molar-refractivity contribution in [2.75, 3.05) is 12.4 Å². The van der Waals surface area contributed by atoms with Crippen LogP contribution in [0.4, 0.5) is 5.69 Å². The molecule has 0 aromatic heterocycles. The predicted molar refractivity (Wildman–Crippen MR) is 76.0 cm³/mol. The molecule has 2 atom stereocenters. The molecule has 3 heteroatoms. The van der Waals surface area contributed by atoms with Crippen LogP contribution >= 0.6 is 0 Å². The van der Waals surface area contributed by atoms with Crippen LogP contribution < -0.4 is 15.8 Å². The van der Waals surface area contributed by atoms with Gasteiger partial charge in [0, 0.05) is 17.0 Å². The van der Waals surface area contributed by atoms with Gasteiger partial charge in [0.15, 0.2) is 0 Å². The predicted octanol–water partition coefficient (Wildman–Crippen LogP) is 3.01. The molecule has 2 unspecified atom stereocenters. The van der Waals surface area contributed by atoms with Crippen molar-refractivity contribution in [3.05, 3.63) is 24.3 Å². The zero-order valence-corrected chi connectivity index (χ0v) is 11.8. The normalized spacial score (nSPS) is 30.2. The summed E-state index contributed by atoms with van der Waals surface area (Å²) in [6, 6.07) is 8.42. The number of nitrogens with two attached hydrogens (primary N) is 1. The first kappa shape index (κ1) is 13.2. The largest absolute Gasteiger partial charge is 0.495 e. The van der Waals surface area contributed by atoms with Crippen molar-refractivity contribution < 1.29 is 4.74 Å². The minimum absolute atomic E-state index is 0.0633. The minimum Gasteiger partial charge on any atom is -0.495 e. The summed E-state index contributed by atoms with van der Waals surface area (Å²) in [5, 5.41) is 3.60. The molecule has 3 nitrogen and oxygen atoms in total. The van der Waals surface area contributed by atoms with Crippen molar-refractivity contribution in [1.82, 2.24) is 0 Å². The molecule has 100 valence electrons. The smallest absolute Gasteiger partial charge is 0.141 e. The van der Waals surface area contributed by atoms with Crippen molar-refractivity contribution in [2.45, 2.75) is 45.2 Å². The number of anilines is 1. The first-order valence-electron chi connectivity index (χ1n) is 6.57. The van der Waals surface area contributed by atoms with Crippen LogP contribution in [0.1, 0.15) is 33.6 Å². The summed E-state index contributed by atoms with van der Waals surface area (Å²) in [5.74, 6) is 0.888. The molecule has 0 bridgehead atoms. The zero-order valence-electron chi connectivity index (χ0n) is 11.8. The molecule has 0 amide bonds. The zero-order chi connectivity index (χ0) is 13.4. The lowest BCUT2D eigenvalue weighted by molar-refractivity contribution is 0.215. The topological polar surface area (TPSA) is 47.3 Å². The summed E-state index contributed by atoms with van der Waals surface area (Å²) in [5.41, 5.74) is 7.40. The van der Waals surface area contributed by atoms with Gasteiger partial charge in [0.25, 0.3) is 0 Å². The molecule has 1 fully saturated rings. The first-order valence-corrected chi connectivity index (χ1v) is 6.57. The molecule has 1 aliphatic carbocycles. The van der Waals surface area contributed by atoms with Crippen LogP contribution in [0, 0.1) is 5.41 Å². The van der Waals surface area contributed by atoms with Gasteiger partial charge in [-0.2, -0.15) is 0 Å². The van der Waals surface area contributed by atoms with E-state index in [2.05, 4.69) is 32.2 Å². The van der Waals surface area contributed by atoms with Gasteiger partial charge >= 0.3 is 0 Å². The Morgan fingerprint density at radius 3 is 2.50 bits per heavy atom. The fourth-order valence-electron chi connectivity index (χ4n) is 2.73. The molecule has 0 saturated heterocycles. The number of methoxy groups -OCH3 is 1. The summed E-state index contributed by atoms with van der Waals surface area (Å²) in [7, 11) is 1.70. The maximum Gasteiger partial charge on any atom is 0.141 e. The van der Waals surface area contributed by atoms with Crippen LogP contribution in [0.5, 0.6) is 5.75 Å². The molecule has 3 N–H and O–H groups in total. The number of benzene rings is 1. The van der Waals surface area contributed by atoms with Crippen molar-refractivity contribution in [3.8, 4) is 5.75 Å². The highest BCUT2D eigenvalue weighted by Gasteiger charge is 2.49. The maximum atomic E-state index is 6.40. The molecule has 2 rings (SSSR count). The van der Waals surface area contributed by atoms with Crippen LogP contribution in [-0.4, -0.2) is 18.7 Å². The lowest BCUT2D eigenvalue weighted by Gasteiger charge is -2.39. The van der Waals surface area contributed by atoms with E-state index in [9.17, 15) is 0 Å². The summed E-state index contributed by atoms with van der Waals surface area (Å²) in [4.78, 5) is 0. The van der Waals surface area contributed by atoms with E-state index in [0.717, 1.165) is 24.3 Å². The van der Waals surface area contributed by atoms with Crippen molar-refractivity contribution in [1.29, 1.82) is 0 Å². The van der Waals surface area contributed by atoms with Crippen molar-refractivity contribution in [2.24, 2.45) is 11.1 Å². The van der Waals surface area contributed by atoms with Gasteiger partial charge in [0.2, 0.25) is 0 Å². The second-order valence-electron chi connectivity index (χ2n) is 6.08. The summed E-state index contributed by atoms with van der Waals surface area (Å²) in [6.45, 7) is 6.64. The van der Waals surface area contributed by atoms with E-state index in [1.54, 1.807) is 7.11 Å². The Bertz CT molecular complexity index is 426. The summed E-state index contributed by atoms with van der Waals surface area (Å²) in [6.07, 6.45) is 2.14. The highest BCUT2D eigenvalue weighted by Crippen LogP contribution is 2.46. The molecular weight excluding hydrogens is 224 g/mol. The van der Waals surface area contributed by atoms with Gasteiger partial charge in [-0.05, 0) is 31.9 Å². The lowest BCUT2D eigenvalue weighted by Crippen LogP contribution is -2.51. The quantitative estimate of drug-likeness (QED) is 0.864. The Hall–Kier alpha value is -1.22. The van der Waals surface area contributed by atoms with Gasteiger partial charge < -0.3 is 15.8 Å². The second kappa shape index (κ2) is 4.47. The third-order valence-electron chi connectivity index (χ3n) is 4.73. The van der Waals surface area contributed by atoms with Gasteiger partial charge in [0.05, 0.1) is 12.8 Å². The SMILES string of the molecule is COc1ccccc1NC1CCC(C)(N)C1(C)C. The van der Waals surface area contributed by atoms with E-state index in [0.29, 0.717) is 6.04 Å². The second-order valence-corrected chi connectivity index (χ2v) is 6.08. The van der Waals surface area contributed by atoms with Gasteiger partial charge in [-0.3, -0.25) is 0 Å². The summed E-state index contributed by atoms with van der Waals surface area (Å²) >= 11 is 0. The van der Waals surface area contributed by atoms with Crippen LogP contribution in [0.2, 0.25) is 0 Å². The first-order chi connectivity index (χ1) is 8.38. The number of rotatable bonds is 3. The standard InChI is InChI=1S/C15H24N2O/c1-14(2)13(9-10-15(14,3)16)17-11-7-5-6-8-12(11)18-4/h5-8,13,17H,9-10,16H2,1-4H3. The van der Waals surface area contributed by atoms with Gasteiger partial charge in [-0.25, -0.2) is 0 Å². The molecule has 0 radical (unpaired) electrons. The van der Waals surface area contributed by atoms with E-state index in [1.165, 1.54) is 0 Å². The molecule has 0 heterocycles. The number of nitrogens with one attached hydrogen (secondary N) is 1. The number of para-hydroxylation sites is 2. The van der Waals surface area contributed by atoms with Gasteiger partial charge in [-0.15, -0.1) is 0 Å². The molecular formula is C15H24N2O. The average Bonchev–Trinajstić information content (AvgIpc) is 2.52. The van der Waals surface area contributed by atoms with E-state index < -0.39 is 0 Å². The fourth-order valence-corrected chi connectivity index (χ4v) is 2.73. The maximum absolute atomic E-state index is 6.40. The third kappa shape index (κ3) is 2.07. The van der Waals surface area contributed by atoms with Crippen LogP contribution in [0.15, 0.2) is 24.3 Å². The fraction of sp³-hybridized carbons (Fsp3) is 0.600. The van der Waals surface area contributed by atoms with E-state index in [1.807, 2.05) is 18.2 Å². The molecule has 0 aliphatic heterocycles. The highest BCUT2D eigenvalue weighted by molar-refractivity contribution is 5.57. The number of hydrogen-bond donors (Lipinski definition) is 2. The van der Waals surface area contributed by atoms with Crippen molar-refractivity contribution in [3.63, 3.8) is 0 Å². The van der Waals surface area contributed by atoms with E-state index in [-0.39, 0.29) is 11.0 Å². The molecule has 1 aromatic carbocycles. The lowest BCUT2D eigenvalue weighted by atomic mass is 9.75. The highest BCUT2D eigenvalue weighted by atomic mass is 16.5. The molecule has 0 spiro atoms. The molecule has 18 heavy (non-hydrogen) atoms. The van der Waals surface area contributed by atoms with Gasteiger partial charge in [0.1, 0.15) is 5.75 Å². The molecule has 1 aliphatic rings. The van der Waals surface area contributed by atoms with Crippen LogP contribution in [0.25, 0.3) is 0 Å². The summed E-state index contributed by atoms with van der Waals surface area (Å²) < 4.78 is 5.38. The Morgan fingerprint density at radius 2 is 1.94 bits per heavy atom. The Labute approximate surface area is 110 Å².